The molecule has 90 valence electrons. The molecule has 0 saturated carbocycles. The van der Waals surface area contributed by atoms with Gasteiger partial charge in [0.05, 0.1) is 10.0 Å². The fourth-order valence-corrected chi connectivity index (χ4v) is 2.14. The van der Waals surface area contributed by atoms with Crippen LogP contribution in [0.25, 0.3) is 0 Å². The summed E-state index contributed by atoms with van der Waals surface area (Å²) < 4.78 is 0. The third-order valence-corrected chi connectivity index (χ3v) is 3.48. The highest BCUT2D eigenvalue weighted by molar-refractivity contribution is 6.42. The number of nitrogens with zero attached hydrogens (tertiary/aromatic N) is 1. The molecule has 0 radical (unpaired) electrons. The van der Waals surface area contributed by atoms with Gasteiger partial charge < -0.3 is 4.90 Å². The lowest BCUT2D eigenvalue weighted by Crippen LogP contribution is -2.23. The molecule has 0 saturated heterocycles. The maximum Gasteiger partial charge on any atom is 0.0595 e. The molecule has 0 aliphatic heterocycles. The molecule has 0 spiro atoms. The van der Waals surface area contributed by atoms with Crippen molar-refractivity contribution in [2.75, 3.05) is 20.6 Å². The lowest BCUT2D eigenvalue weighted by atomic mass is 9.88. The Morgan fingerprint density at radius 3 is 2.19 bits per heavy atom. The third kappa shape index (κ3) is 3.65. The number of likely N-dealkylation sites (N-methyl/N-ethyl adjacent to an activating group) is 1. The van der Waals surface area contributed by atoms with Crippen molar-refractivity contribution >= 4 is 23.2 Å². The summed E-state index contributed by atoms with van der Waals surface area (Å²) in [5.41, 5.74) is 1.26. The Hall–Kier alpha value is -0.240. The van der Waals surface area contributed by atoms with E-state index < -0.39 is 0 Å². The average Bonchev–Trinajstić information content (AvgIpc) is 2.18. The van der Waals surface area contributed by atoms with Gasteiger partial charge in [0.1, 0.15) is 0 Å². The minimum Gasteiger partial charge on any atom is -0.309 e. The van der Waals surface area contributed by atoms with Gasteiger partial charge in [-0.1, -0.05) is 43.1 Å². The van der Waals surface area contributed by atoms with Crippen LogP contribution in [-0.4, -0.2) is 25.5 Å². The molecule has 0 aromatic heterocycles. The van der Waals surface area contributed by atoms with Crippen molar-refractivity contribution in [1.82, 2.24) is 4.90 Å². The second-order valence-corrected chi connectivity index (χ2v) is 5.60. The van der Waals surface area contributed by atoms with Crippen LogP contribution >= 0.6 is 23.2 Å². The second-order valence-electron chi connectivity index (χ2n) is 4.79. The lowest BCUT2D eigenvalue weighted by Gasteiger charge is -2.25. The summed E-state index contributed by atoms with van der Waals surface area (Å²) in [6.07, 6.45) is 0. The summed E-state index contributed by atoms with van der Waals surface area (Å²) >= 11 is 12.0. The number of benzene rings is 1. The lowest BCUT2D eigenvalue weighted by molar-refractivity contribution is 0.330. The molecule has 0 N–H and O–H groups in total. The molecule has 1 aromatic carbocycles. The van der Waals surface area contributed by atoms with Gasteiger partial charge in [-0.2, -0.15) is 0 Å². The molecule has 0 heterocycles. The summed E-state index contributed by atoms with van der Waals surface area (Å²) in [5.74, 6) is 1.07. The molecule has 0 amide bonds. The summed E-state index contributed by atoms with van der Waals surface area (Å²) in [6, 6.07) is 5.94. The molecule has 16 heavy (non-hydrogen) atoms. The Bertz CT molecular complexity index is 348. The van der Waals surface area contributed by atoms with Gasteiger partial charge in [-0.25, -0.2) is 0 Å². The van der Waals surface area contributed by atoms with Crippen molar-refractivity contribution in [3.8, 4) is 0 Å². The van der Waals surface area contributed by atoms with Crippen LogP contribution in [0.1, 0.15) is 25.3 Å². The Morgan fingerprint density at radius 1 is 1.12 bits per heavy atom. The molecule has 0 unspecified atom stereocenters. The Kier molecular flexibility index (Phi) is 5.10. The molecular weight excluding hydrogens is 241 g/mol. The quantitative estimate of drug-likeness (QED) is 0.780. The molecule has 1 rings (SSSR count). The Labute approximate surface area is 108 Å². The van der Waals surface area contributed by atoms with Crippen molar-refractivity contribution in [3.63, 3.8) is 0 Å². The fourth-order valence-electron chi connectivity index (χ4n) is 1.84. The normalized spacial score (nSPS) is 13.5. The van der Waals surface area contributed by atoms with E-state index in [1.807, 2.05) is 12.1 Å². The molecule has 0 aliphatic rings. The standard InChI is InChI=1S/C13H19Cl2N/c1-9(2)11(8-16(3)4)10-5-6-12(14)13(15)7-10/h5-7,9,11H,8H2,1-4H3/t11-/m1/s1. The van der Waals surface area contributed by atoms with Crippen molar-refractivity contribution < 1.29 is 0 Å². The van der Waals surface area contributed by atoms with Gasteiger partial charge in [0.2, 0.25) is 0 Å². The van der Waals surface area contributed by atoms with Crippen LogP contribution in [0, 0.1) is 5.92 Å². The van der Waals surface area contributed by atoms with Crippen molar-refractivity contribution in [2.24, 2.45) is 5.92 Å². The smallest absolute Gasteiger partial charge is 0.0595 e. The van der Waals surface area contributed by atoms with Crippen LogP contribution in [0.15, 0.2) is 18.2 Å². The highest BCUT2D eigenvalue weighted by atomic mass is 35.5. The number of rotatable bonds is 4. The highest BCUT2D eigenvalue weighted by Gasteiger charge is 2.17. The van der Waals surface area contributed by atoms with E-state index in [1.54, 1.807) is 0 Å². The van der Waals surface area contributed by atoms with E-state index in [0.29, 0.717) is 21.9 Å². The molecule has 1 nitrogen and oxygen atoms in total. The van der Waals surface area contributed by atoms with E-state index in [-0.39, 0.29) is 0 Å². The molecule has 0 bridgehead atoms. The summed E-state index contributed by atoms with van der Waals surface area (Å²) in [7, 11) is 4.18. The second kappa shape index (κ2) is 5.90. The Balaban J connectivity index is 2.97. The summed E-state index contributed by atoms with van der Waals surface area (Å²) in [4.78, 5) is 2.20. The monoisotopic (exact) mass is 259 g/mol. The van der Waals surface area contributed by atoms with Gasteiger partial charge in [-0.15, -0.1) is 0 Å². The molecule has 1 aromatic rings. The first-order valence-corrected chi connectivity index (χ1v) is 6.27. The highest BCUT2D eigenvalue weighted by Crippen LogP contribution is 2.30. The minimum absolute atomic E-state index is 0.491. The van der Waals surface area contributed by atoms with Crippen LogP contribution in [0.4, 0.5) is 0 Å². The predicted octanol–water partition coefficient (Wildman–Crippen LogP) is 4.29. The maximum absolute atomic E-state index is 6.05. The van der Waals surface area contributed by atoms with Gasteiger partial charge in [-0.3, -0.25) is 0 Å². The molecule has 1 atom stereocenters. The van der Waals surface area contributed by atoms with E-state index in [9.17, 15) is 0 Å². The minimum atomic E-state index is 0.491. The number of halogens is 2. The van der Waals surface area contributed by atoms with E-state index in [1.165, 1.54) is 5.56 Å². The maximum atomic E-state index is 6.05. The molecule has 0 fully saturated rings. The molecule has 3 heteroatoms. The third-order valence-electron chi connectivity index (χ3n) is 2.74. The number of hydrogen-bond donors (Lipinski definition) is 0. The van der Waals surface area contributed by atoms with Crippen molar-refractivity contribution in [3.05, 3.63) is 33.8 Å². The number of hydrogen-bond acceptors (Lipinski definition) is 1. The topological polar surface area (TPSA) is 3.24 Å². The SMILES string of the molecule is CC(C)[C@@H](CN(C)C)c1ccc(Cl)c(Cl)c1. The van der Waals surface area contributed by atoms with E-state index in [2.05, 4.69) is 38.9 Å². The Morgan fingerprint density at radius 2 is 1.75 bits per heavy atom. The first kappa shape index (κ1) is 13.8. The van der Waals surface area contributed by atoms with Crippen molar-refractivity contribution in [2.45, 2.75) is 19.8 Å². The van der Waals surface area contributed by atoms with Gasteiger partial charge in [0.15, 0.2) is 0 Å². The zero-order chi connectivity index (χ0) is 12.3. The van der Waals surface area contributed by atoms with Crippen LogP contribution in [0.3, 0.4) is 0 Å². The molecular formula is C13H19Cl2N. The summed E-state index contributed by atoms with van der Waals surface area (Å²) in [6.45, 7) is 5.49. The first-order chi connectivity index (χ1) is 7.41. The van der Waals surface area contributed by atoms with Gasteiger partial charge in [0, 0.05) is 6.54 Å². The van der Waals surface area contributed by atoms with Crippen LogP contribution in [-0.2, 0) is 0 Å². The summed E-state index contributed by atoms with van der Waals surface area (Å²) in [5, 5.41) is 1.27. The zero-order valence-corrected chi connectivity index (χ0v) is 11.8. The fraction of sp³-hybridized carbons (Fsp3) is 0.538. The van der Waals surface area contributed by atoms with Crippen molar-refractivity contribution in [1.29, 1.82) is 0 Å². The average molecular weight is 260 g/mol. The van der Waals surface area contributed by atoms with Gasteiger partial charge in [-0.05, 0) is 43.6 Å². The zero-order valence-electron chi connectivity index (χ0n) is 10.3. The van der Waals surface area contributed by atoms with Gasteiger partial charge in [0.25, 0.3) is 0 Å². The molecule has 0 aliphatic carbocycles. The predicted molar refractivity (Wildman–Crippen MR) is 72.6 cm³/mol. The van der Waals surface area contributed by atoms with E-state index in [4.69, 9.17) is 23.2 Å². The van der Waals surface area contributed by atoms with Crippen LogP contribution in [0.5, 0.6) is 0 Å². The largest absolute Gasteiger partial charge is 0.309 e. The van der Waals surface area contributed by atoms with E-state index in [0.717, 1.165) is 6.54 Å². The van der Waals surface area contributed by atoms with E-state index >= 15 is 0 Å². The van der Waals surface area contributed by atoms with Crippen LogP contribution in [0.2, 0.25) is 10.0 Å². The van der Waals surface area contributed by atoms with Crippen LogP contribution < -0.4 is 0 Å². The van der Waals surface area contributed by atoms with Gasteiger partial charge >= 0.3 is 0 Å². The first-order valence-electron chi connectivity index (χ1n) is 5.51.